The van der Waals surface area contributed by atoms with E-state index in [0.29, 0.717) is 5.41 Å². The molecular weight excluding hydrogens is 302 g/mol. The molecule has 0 bridgehead atoms. The van der Waals surface area contributed by atoms with Gasteiger partial charge in [0.05, 0.1) is 7.11 Å². The minimum Gasteiger partial charge on any atom is -0.496 e. The molecule has 1 rings (SSSR count). The highest BCUT2D eigenvalue weighted by molar-refractivity contribution is 9.10. The molecule has 0 atom stereocenters. The van der Waals surface area contributed by atoms with Gasteiger partial charge in [0.25, 0.3) is 0 Å². The third kappa shape index (κ3) is 5.96. The van der Waals surface area contributed by atoms with Crippen LogP contribution >= 0.6 is 15.9 Å². The van der Waals surface area contributed by atoms with Crippen molar-refractivity contribution in [3.8, 4) is 5.75 Å². The smallest absolute Gasteiger partial charge is 0.122 e. The largest absolute Gasteiger partial charge is 0.496 e. The first-order valence-electron chi connectivity index (χ1n) is 7.01. The maximum atomic E-state index is 5.43. The van der Waals surface area contributed by atoms with E-state index in [0.717, 1.165) is 36.2 Å². The second-order valence-electron chi connectivity index (χ2n) is 5.80. The van der Waals surface area contributed by atoms with Crippen molar-refractivity contribution < 1.29 is 4.74 Å². The lowest BCUT2D eigenvalue weighted by molar-refractivity contribution is 0.313. The molecule has 0 aliphatic heterocycles. The average molecular weight is 328 g/mol. The standard InChI is InChI=1S/C16H26BrNO/c1-5-10-18-12-16(2,3)9-8-13-11-14(17)6-7-15(13)19-4/h6-7,11,18H,5,8-10,12H2,1-4H3. The number of hydrogen-bond acceptors (Lipinski definition) is 2. The zero-order chi connectivity index (χ0) is 14.3. The maximum absolute atomic E-state index is 5.43. The van der Waals surface area contributed by atoms with E-state index in [1.165, 1.54) is 12.0 Å². The third-order valence-electron chi connectivity index (χ3n) is 3.34. The Morgan fingerprint density at radius 2 is 2.05 bits per heavy atom. The zero-order valence-electron chi connectivity index (χ0n) is 12.6. The van der Waals surface area contributed by atoms with Crippen LogP contribution in [0.25, 0.3) is 0 Å². The zero-order valence-corrected chi connectivity index (χ0v) is 14.1. The molecule has 0 aliphatic carbocycles. The summed E-state index contributed by atoms with van der Waals surface area (Å²) in [6, 6.07) is 6.21. The summed E-state index contributed by atoms with van der Waals surface area (Å²) in [7, 11) is 1.74. The Balaban J connectivity index is 2.57. The fourth-order valence-electron chi connectivity index (χ4n) is 2.11. The third-order valence-corrected chi connectivity index (χ3v) is 3.84. The van der Waals surface area contributed by atoms with Crippen LogP contribution in [0.5, 0.6) is 5.75 Å². The summed E-state index contributed by atoms with van der Waals surface area (Å²) in [4.78, 5) is 0. The van der Waals surface area contributed by atoms with E-state index >= 15 is 0 Å². The van der Waals surface area contributed by atoms with Crippen LogP contribution in [0.2, 0.25) is 0 Å². The van der Waals surface area contributed by atoms with Crippen LogP contribution in [0.3, 0.4) is 0 Å². The van der Waals surface area contributed by atoms with E-state index in [2.05, 4.69) is 48.1 Å². The van der Waals surface area contributed by atoms with Crippen LogP contribution in [-0.4, -0.2) is 20.2 Å². The van der Waals surface area contributed by atoms with E-state index < -0.39 is 0 Å². The van der Waals surface area contributed by atoms with Gasteiger partial charge in [-0.25, -0.2) is 0 Å². The number of halogens is 1. The molecule has 0 heterocycles. The Kier molecular flexibility index (Phi) is 6.87. The van der Waals surface area contributed by atoms with E-state index in [-0.39, 0.29) is 0 Å². The number of aryl methyl sites for hydroxylation is 1. The van der Waals surface area contributed by atoms with Gasteiger partial charge in [-0.2, -0.15) is 0 Å². The van der Waals surface area contributed by atoms with E-state index in [1.54, 1.807) is 7.11 Å². The Bertz CT molecular complexity index is 390. The van der Waals surface area contributed by atoms with Gasteiger partial charge < -0.3 is 10.1 Å². The van der Waals surface area contributed by atoms with E-state index in [9.17, 15) is 0 Å². The predicted octanol–water partition coefficient (Wildman–Crippen LogP) is 4.42. The number of nitrogens with one attached hydrogen (secondary N) is 1. The van der Waals surface area contributed by atoms with Gasteiger partial charge in [0.2, 0.25) is 0 Å². The highest BCUT2D eigenvalue weighted by Crippen LogP contribution is 2.28. The van der Waals surface area contributed by atoms with Crippen LogP contribution in [-0.2, 0) is 6.42 Å². The predicted molar refractivity (Wildman–Crippen MR) is 86.0 cm³/mol. The molecule has 0 radical (unpaired) electrons. The number of methoxy groups -OCH3 is 1. The molecule has 2 nitrogen and oxygen atoms in total. The molecule has 0 saturated carbocycles. The Labute approximate surface area is 126 Å². The number of ether oxygens (including phenoxy) is 1. The minimum atomic E-state index is 0.308. The van der Waals surface area contributed by atoms with Crippen LogP contribution in [0, 0.1) is 5.41 Å². The topological polar surface area (TPSA) is 21.3 Å². The van der Waals surface area contributed by atoms with Crippen molar-refractivity contribution in [1.29, 1.82) is 0 Å². The summed E-state index contributed by atoms with van der Waals surface area (Å²) in [6.07, 6.45) is 3.38. The van der Waals surface area contributed by atoms with Gasteiger partial charge in [0.15, 0.2) is 0 Å². The van der Waals surface area contributed by atoms with Crippen molar-refractivity contribution >= 4 is 15.9 Å². The van der Waals surface area contributed by atoms with Crippen LogP contribution in [0.15, 0.2) is 22.7 Å². The molecule has 1 aromatic rings. The quantitative estimate of drug-likeness (QED) is 0.714. The average Bonchev–Trinajstić information content (AvgIpc) is 2.37. The minimum absolute atomic E-state index is 0.308. The van der Waals surface area contributed by atoms with Crippen molar-refractivity contribution in [1.82, 2.24) is 5.32 Å². The fourth-order valence-corrected chi connectivity index (χ4v) is 2.52. The second-order valence-corrected chi connectivity index (χ2v) is 6.71. The summed E-state index contributed by atoms with van der Waals surface area (Å²) < 4.78 is 6.54. The van der Waals surface area contributed by atoms with Gasteiger partial charge in [-0.05, 0) is 55.0 Å². The monoisotopic (exact) mass is 327 g/mol. The van der Waals surface area contributed by atoms with Gasteiger partial charge >= 0.3 is 0 Å². The molecule has 1 aromatic carbocycles. The van der Waals surface area contributed by atoms with Gasteiger partial charge in [-0.3, -0.25) is 0 Å². The summed E-state index contributed by atoms with van der Waals surface area (Å²) >= 11 is 3.53. The molecule has 0 spiro atoms. The number of benzene rings is 1. The lowest BCUT2D eigenvalue weighted by Crippen LogP contribution is -2.30. The molecule has 0 unspecified atom stereocenters. The summed E-state index contributed by atoms with van der Waals surface area (Å²) in [6.45, 7) is 9.01. The molecule has 1 N–H and O–H groups in total. The van der Waals surface area contributed by atoms with E-state index in [1.807, 2.05) is 12.1 Å². The summed E-state index contributed by atoms with van der Waals surface area (Å²) in [5, 5.41) is 3.51. The number of rotatable bonds is 8. The van der Waals surface area contributed by atoms with Crippen molar-refractivity contribution in [2.24, 2.45) is 5.41 Å². The van der Waals surface area contributed by atoms with Gasteiger partial charge in [-0.15, -0.1) is 0 Å². The molecule has 0 amide bonds. The van der Waals surface area contributed by atoms with Crippen LogP contribution in [0.4, 0.5) is 0 Å². The van der Waals surface area contributed by atoms with Crippen LogP contribution in [0.1, 0.15) is 39.2 Å². The molecule has 108 valence electrons. The first-order valence-corrected chi connectivity index (χ1v) is 7.81. The highest BCUT2D eigenvalue weighted by atomic mass is 79.9. The van der Waals surface area contributed by atoms with Gasteiger partial charge in [0.1, 0.15) is 5.75 Å². The summed E-state index contributed by atoms with van der Waals surface area (Å²) in [5.74, 6) is 0.987. The maximum Gasteiger partial charge on any atom is 0.122 e. The molecule has 0 fully saturated rings. The Morgan fingerprint density at radius 3 is 2.68 bits per heavy atom. The molecule has 0 aromatic heterocycles. The van der Waals surface area contributed by atoms with E-state index in [4.69, 9.17) is 4.74 Å². The lowest BCUT2D eigenvalue weighted by atomic mass is 9.86. The van der Waals surface area contributed by atoms with Crippen molar-refractivity contribution in [2.45, 2.75) is 40.0 Å². The Morgan fingerprint density at radius 1 is 1.32 bits per heavy atom. The normalized spacial score (nSPS) is 11.6. The van der Waals surface area contributed by atoms with Gasteiger partial charge in [0, 0.05) is 11.0 Å². The highest BCUT2D eigenvalue weighted by Gasteiger charge is 2.18. The fraction of sp³-hybridized carbons (Fsp3) is 0.625. The molecule has 19 heavy (non-hydrogen) atoms. The molecule has 3 heteroatoms. The Hall–Kier alpha value is -0.540. The molecule has 0 saturated heterocycles. The lowest BCUT2D eigenvalue weighted by Gasteiger charge is -2.25. The first-order chi connectivity index (χ1) is 8.98. The van der Waals surface area contributed by atoms with Crippen molar-refractivity contribution in [3.63, 3.8) is 0 Å². The number of hydrogen-bond donors (Lipinski definition) is 1. The van der Waals surface area contributed by atoms with Crippen molar-refractivity contribution in [2.75, 3.05) is 20.2 Å². The molecule has 0 aliphatic rings. The summed E-state index contributed by atoms with van der Waals surface area (Å²) in [5.41, 5.74) is 1.59. The van der Waals surface area contributed by atoms with Crippen LogP contribution < -0.4 is 10.1 Å². The molecular formula is C16H26BrNO. The van der Waals surface area contributed by atoms with Gasteiger partial charge in [-0.1, -0.05) is 36.7 Å². The SMILES string of the molecule is CCCNCC(C)(C)CCc1cc(Br)ccc1OC. The van der Waals surface area contributed by atoms with Crippen molar-refractivity contribution in [3.05, 3.63) is 28.2 Å². The second kappa shape index (κ2) is 7.91. The first kappa shape index (κ1) is 16.5.